The molecule has 1 fully saturated rings. The zero-order chi connectivity index (χ0) is 16.0. The summed E-state index contributed by atoms with van der Waals surface area (Å²) in [6, 6.07) is 0. The molecule has 1 heterocycles. The fraction of sp³-hybridized carbons (Fsp3) is 0.824. The Bertz CT molecular complexity index is 433. The highest BCUT2D eigenvalue weighted by atomic mass is 19.1. The summed E-state index contributed by atoms with van der Waals surface area (Å²) < 4.78 is 26.2. The summed E-state index contributed by atoms with van der Waals surface area (Å²) in [6.07, 6.45) is 7.26. The van der Waals surface area contributed by atoms with Crippen LogP contribution < -0.4 is 0 Å². The van der Waals surface area contributed by atoms with Gasteiger partial charge in [-0.15, -0.1) is 0 Å². The van der Waals surface area contributed by atoms with Crippen LogP contribution in [0.4, 0.5) is 8.78 Å². The smallest absolute Gasteiger partial charge is 0.0975 e. The fourth-order valence-electron chi connectivity index (χ4n) is 3.42. The lowest BCUT2D eigenvalue weighted by molar-refractivity contribution is 0.0914. The molecule has 0 radical (unpaired) electrons. The maximum absolute atomic E-state index is 13.1. The van der Waals surface area contributed by atoms with Crippen molar-refractivity contribution >= 4 is 0 Å². The van der Waals surface area contributed by atoms with Crippen molar-refractivity contribution in [2.45, 2.75) is 57.9 Å². The van der Waals surface area contributed by atoms with Gasteiger partial charge in [0.1, 0.15) is 0 Å². The number of alkyl halides is 2. The maximum atomic E-state index is 13.1. The van der Waals surface area contributed by atoms with Gasteiger partial charge in [0.15, 0.2) is 0 Å². The molecule has 0 amide bonds. The molecule has 1 aliphatic rings. The van der Waals surface area contributed by atoms with Crippen molar-refractivity contribution < 1.29 is 8.78 Å². The van der Waals surface area contributed by atoms with Crippen LogP contribution >= 0.6 is 0 Å². The molecule has 0 saturated heterocycles. The van der Waals surface area contributed by atoms with Gasteiger partial charge < -0.3 is 4.90 Å². The summed E-state index contributed by atoms with van der Waals surface area (Å²) in [5, 5.41) is 7.34. The van der Waals surface area contributed by atoms with E-state index in [1.165, 1.54) is 24.1 Å². The minimum absolute atomic E-state index is 0.364. The summed E-state index contributed by atoms with van der Waals surface area (Å²) in [4.78, 5) is 2.31. The van der Waals surface area contributed by atoms with Crippen LogP contribution in [0.3, 0.4) is 0 Å². The third kappa shape index (κ3) is 4.06. The van der Waals surface area contributed by atoms with Gasteiger partial charge in [-0.1, -0.05) is 13.3 Å². The molecule has 22 heavy (non-hydrogen) atoms. The number of hydrogen-bond acceptors (Lipinski definition) is 2. The van der Waals surface area contributed by atoms with E-state index in [2.05, 4.69) is 29.1 Å². The Kier molecular flexibility index (Phi) is 6.36. The van der Waals surface area contributed by atoms with Crippen LogP contribution in [0.1, 0.15) is 62.6 Å². The molecule has 5 heteroatoms. The minimum Gasteiger partial charge on any atom is -0.302 e. The van der Waals surface area contributed by atoms with Gasteiger partial charge in [0, 0.05) is 29.1 Å². The molecule has 1 aliphatic carbocycles. The van der Waals surface area contributed by atoms with Crippen LogP contribution in [0.2, 0.25) is 0 Å². The second kappa shape index (κ2) is 8.04. The standard InChI is InChI=1S/C17H29F2N3/c1-3-4-9-22(2)11-15-10-20-21-16(15)14-5-7-17(12-18,13-19)8-6-14/h10,14H,3-9,11-13H2,1-2H3,(H,20,21). The van der Waals surface area contributed by atoms with Gasteiger partial charge in [-0.2, -0.15) is 5.10 Å². The molecule has 1 N–H and O–H groups in total. The van der Waals surface area contributed by atoms with Gasteiger partial charge in [0.2, 0.25) is 0 Å². The number of halogens is 2. The Balaban J connectivity index is 1.95. The summed E-state index contributed by atoms with van der Waals surface area (Å²) in [5.74, 6) is 0.364. The molecule has 0 bridgehead atoms. The van der Waals surface area contributed by atoms with Crippen molar-refractivity contribution in [1.82, 2.24) is 15.1 Å². The molecule has 1 aromatic rings. The zero-order valence-electron chi connectivity index (χ0n) is 13.9. The van der Waals surface area contributed by atoms with Crippen molar-refractivity contribution in [2.75, 3.05) is 26.9 Å². The number of nitrogens with zero attached hydrogens (tertiary/aromatic N) is 2. The fourth-order valence-corrected chi connectivity index (χ4v) is 3.42. The Hall–Kier alpha value is -0.970. The Labute approximate surface area is 132 Å². The molecule has 0 aromatic carbocycles. The van der Waals surface area contributed by atoms with E-state index in [4.69, 9.17) is 0 Å². The summed E-state index contributed by atoms with van der Waals surface area (Å²) in [7, 11) is 2.13. The van der Waals surface area contributed by atoms with Gasteiger partial charge in [-0.05, 0) is 45.7 Å². The summed E-state index contributed by atoms with van der Waals surface area (Å²) in [5.41, 5.74) is 1.69. The van der Waals surface area contributed by atoms with Crippen LogP contribution in [0.15, 0.2) is 6.20 Å². The SMILES string of the molecule is CCCCN(C)Cc1cn[nH]c1C1CCC(CF)(CF)CC1. The van der Waals surface area contributed by atoms with Crippen molar-refractivity contribution in [2.24, 2.45) is 5.41 Å². The predicted molar refractivity (Wildman–Crippen MR) is 85.4 cm³/mol. The molecule has 1 saturated carbocycles. The largest absolute Gasteiger partial charge is 0.302 e. The number of nitrogens with one attached hydrogen (secondary N) is 1. The first-order valence-electron chi connectivity index (χ1n) is 8.46. The highest BCUT2D eigenvalue weighted by molar-refractivity contribution is 5.21. The van der Waals surface area contributed by atoms with Crippen LogP contribution in [-0.4, -0.2) is 42.0 Å². The first-order chi connectivity index (χ1) is 10.6. The molecule has 0 atom stereocenters. The van der Waals surface area contributed by atoms with Gasteiger partial charge >= 0.3 is 0 Å². The highest BCUT2D eigenvalue weighted by Crippen LogP contribution is 2.43. The molecular weight excluding hydrogens is 284 g/mol. The van der Waals surface area contributed by atoms with Crippen molar-refractivity contribution in [3.63, 3.8) is 0 Å². The molecule has 0 unspecified atom stereocenters. The number of aromatic nitrogens is 2. The average Bonchev–Trinajstić information content (AvgIpc) is 3.01. The number of unbranched alkanes of at least 4 members (excludes halogenated alkanes) is 1. The molecule has 2 rings (SSSR count). The van der Waals surface area contributed by atoms with Crippen LogP contribution in [0, 0.1) is 5.41 Å². The van der Waals surface area contributed by atoms with E-state index < -0.39 is 18.8 Å². The first-order valence-corrected chi connectivity index (χ1v) is 8.46. The monoisotopic (exact) mass is 313 g/mol. The van der Waals surface area contributed by atoms with E-state index in [-0.39, 0.29) is 0 Å². The lowest BCUT2D eigenvalue weighted by Gasteiger charge is -2.36. The normalized spacial score (nSPS) is 19.0. The Morgan fingerprint density at radius 2 is 2.00 bits per heavy atom. The molecular formula is C17H29F2N3. The van der Waals surface area contributed by atoms with E-state index in [0.29, 0.717) is 18.8 Å². The lowest BCUT2D eigenvalue weighted by Crippen LogP contribution is -2.31. The minimum atomic E-state index is -0.714. The van der Waals surface area contributed by atoms with Crippen molar-refractivity contribution in [3.8, 4) is 0 Å². The average molecular weight is 313 g/mol. The van der Waals surface area contributed by atoms with Gasteiger partial charge in [0.05, 0.1) is 19.5 Å². The second-order valence-electron chi connectivity index (χ2n) is 6.94. The molecule has 0 aliphatic heterocycles. The molecule has 1 aromatic heterocycles. The van der Waals surface area contributed by atoms with E-state index in [9.17, 15) is 8.78 Å². The third-order valence-electron chi connectivity index (χ3n) is 5.11. The predicted octanol–water partition coefficient (Wildman–Crippen LogP) is 4.22. The lowest BCUT2D eigenvalue weighted by atomic mass is 9.71. The van der Waals surface area contributed by atoms with E-state index >= 15 is 0 Å². The van der Waals surface area contributed by atoms with E-state index in [1.54, 1.807) is 0 Å². The number of rotatable bonds is 8. The molecule has 0 spiro atoms. The van der Waals surface area contributed by atoms with Gasteiger partial charge in [-0.25, -0.2) is 0 Å². The number of hydrogen-bond donors (Lipinski definition) is 1. The van der Waals surface area contributed by atoms with E-state index in [1.807, 2.05) is 6.20 Å². The van der Waals surface area contributed by atoms with Crippen molar-refractivity contribution in [3.05, 3.63) is 17.5 Å². The number of aromatic amines is 1. The molecule has 126 valence electrons. The maximum Gasteiger partial charge on any atom is 0.0975 e. The Morgan fingerprint density at radius 3 is 2.59 bits per heavy atom. The highest BCUT2D eigenvalue weighted by Gasteiger charge is 2.37. The topological polar surface area (TPSA) is 31.9 Å². The summed E-state index contributed by atoms with van der Waals surface area (Å²) >= 11 is 0. The number of H-pyrrole nitrogens is 1. The summed E-state index contributed by atoms with van der Waals surface area (Å²) in [6.45, 7) is 3.09. The van der Waals surface area contributed by atoms with Crippen LogP contribution in [-0.2, 0) is 6.54 Å². The zero-order valence-corrected chi connectivity index (χ0v) is 13.9. The second-order valence-corrected chi connectivity index (χ2v) is 6.94. The van der Waals surface area contributed by atoms with Crippen LogP contribution in [0.5, 0.6) is 0 Å². The van der Waals surface area contributed by atoms with Crippen molar-refractivity contribution in [1.29, 1.82) is 0 Å². The molecule has 3 nitrogen and oxygen atoms in total. The third-order valence-corrected chi connectivity index (χ3v) is 5.11. The van der Waals surface area contributed by atoms with E-state index in [0.717, 1.165) is 25.9 Å². The van der Waals surface area contributed by atoms with Gasteiger partial charge in [-0.3, -0.25) is 13.9 Å². The van der Waals surface area contributed by atoms with Crippen LogP contribution in [0.25, 0.3) is 0 Å². The van der Waals surface area contributed by atoms with Gasteiger partial charge in [0.25, 0.3) is 0 Å². The Morgan fingerprint density at radius 1 is 1.32 bits per heavy atom. The first kappa shape index (κ1) is 17.4. The quantitative estimate of drug-likeness (QED) is 0.779.